The fourth-order valence-electron chi connectivity index (χ4n) is 4.55. The molecule has 0 saturated heterocycles. The molecule has 0 saturated carbocycles. The van der Waals surface area contributed by atoms with Crippen LogP contribution in [0, 0.1) is 21.3 Å². The number of allylic oxidation sites excluding steroid dienone is 2. The number of anilines is 1. The molecule has 2 aromatic carbocycles. The van der Waals surface area contributed by atoms with Crippen molar-refractivity contribution < 1.29 is 18.9 Å². The summed E-state index contributed by atoms with van der Waals surface area (Å²) in [6.45, 7) is 3.80. The Hall–Kier alpha value is -3.06. The van der Waals surface area contributed by atoms with E-state index in [4.69, 9.17) is 11.6 Å². The van der Waals surface area contributed by atoms with Gasteiger partial charge >= 0.3 is 0 Å². The molecule has 0 bridgehead atoms. The van der Waals surface area contributed by atoms with Crippen LogP contribution in [-0.2, 0) is 9.59 Å². The Morgan fingerprint density at radius 1 is 1.16 bits per heavy atom. The predicted octanol–water partition coefficient (Wildman–Crippen LogP) is 5.55. The van der Waals surface area contributed by atoms with Crippen molar-refractivity contribution in [1.29, 1.82) is 0 Å². The fourth-order valence-corrected chi connectivity index (χ4v) is 4.71. The van der Waals surface area contributed by atoms with Crippen LogP contribution in [0.15, 0.2) is 53.7 Å². The summed E-state index contributed by atoms with van der Waals surface area (Å²) >= 11 is 6.10. The summed E-state index contributed by atoms with van der Waals surface area (Å²) in [5, 5.41) is 11.9. The van der Waals surface area contributed by atoms with Gasteiger partial charge in [0, 0.05) is 41.1 Å². The maximum Gasteiger partial charge on any atom is 0.293 e. The Labute approximate surface area is 183 Å². The standard InChI is InChI=1S/C23H20ClFN2O4/c1-23(2)11-19-22(20(28)12-23)15(14-5-3-4-6-16(14)25)10-21(29)26(19)18-9-13(24)7-8-17(18)27(30)31/h3-9,15H,10-12H2,1-2H3. The number of ketones is 1. The fraction of sp³-hybridized carbons (Fsp3) is 0.304. The maximum atomic E-state index is 14.6. The Kier molecular flexibility index (Phi) is 5.17. The van der Waals surface area contributed by atoms with Crippen molar-refractivity contribution >= 4 is 34.7 Å². The highest BCUT2D eigenvalue weighted by atomic mass is 35.5. The Morgan fingerprint density at radius 3 is 2.55 bits per heavy atom. The third kappa shape index (κ3) is 3.74. The number of nitro benzene ring substituents is 1. The summed E-state index contributed by atoms with van der Waals surface area (Å²) in [6, 6.07) is 10.1. The first kappa shape index (κ1) is 21.2. The highest BCUT2D eigenvalue weighted by Gasteiger charge is 2.46. The number of amides is 1. The monoisotopic (exact) mass is 442 g/mol. The van der Waals surface area contributed by atoms with E-state index in [1.165, 1.54) is 29.2 Å². The zero-order valence-electron chi connectivity index (χ0n) is 17.0. The number of halogens is 2. The van der Waals surface area contributed by atoms with Crippen molar-refractivity contribution in [3.8, 4) is 0 Å². The van der Waals surface area contributed by atoms with Gasteiger partial charge in [0.05, 0.1) is 4.92 Å². The van der Waals surface area contributed by atoms with Gasteiger partial charge in [-0.25, -0.2) is 4.39 Å². The van der Waals surface area contributed by atoms with E-state index in [0.717, 1.165) is 0 Å². The number of nitro groups is 1. The van der Waals surface area contributed by atoms with E-state index >= 15 is 0 Å². The van der Waals surface area contributed by atoms with Crippen LogP contribution < -0.4 is 4.90 Å². The second-order valence-corrected chi connectivity index (χ2v) is 9.14. The quantitative estimate of drug-likeness (QED) is 0.461. The van der Waals surface area contributed by atoms with E-state index < -0.39 is 28.0 Å². The van der Waals surface area contributed by atoms with Gasteiger partial charge in [-0.15, -0.1) is 0 Å². The normalized spacial score (nSPS) is 20.6. The van der Waals surface area contributed by atoms with Crippen LogP contribution in [-0.4, -0.2) is 16.6 Å². The maximum absolute atomic E-state index is 14.6. The minimum Gasteiger partial charge on any atom is -0.294 e. The van der Waals surface area contributed by atoms with Crippen LogP contribution in [0.2, 0.25) is 5.02 Å². The summed E-state index contributed by atoms with van der Waals surface area (Å²) in [5.41, 5.74) is 0.280. The number of nitrogens with zero attached hydrogens (tertiary/aromatic N) is 2. The molecule has 1 atom stereocenters. The summed E-state index contributed by atoms with van der Waals surface area (Å²) in [6.07, 6.45) is 0.417. The molecular formula is C23H20ClFN2O4. The van der Waals surface area contributed by atoms with Crippen molar-refractivity contribution in [2.45, 2.75) is 39.0 Å². The molecule has 1 amide bonds. The third-order valence-corrected chi connectivity index (χ3v) is 6.03. The zero-order chi connectivity index (χ0) is 22.5. The van der Waals surface area contributed by atoms with E-state index in [1.807, 2.05) is 13.8 Å². The van der Waals surface area contributed by atoms with E-state index in [2.05, 4.69) is 0 Å². The van der Waals surface area contributed by atoms with E-state index in [-0.39, 0.29) is 40.6 Å². The second-order valence-electron chi connectivity index (χ2n) is 8.70. The minimum atomic E-state index is -0.734. The van der Waals surface area contributed by atoms with Crippen molar-refractivity contribution in [2.24, 2.45) is 5.41 Å². The minimum absolute atomic E-state index is 0.0208. The largest absolute Gasteiger partial charge is 0.294 e. The molecule has 6 nitrogen and oxygen atoms in total. The van der Waals surface area contributed by atoms with Crippen LogP contribution in [0.3, 0.4) is 0 Å². The second kappa shape index (κ2) is 7.57. The predicted molar refractivity (Wildman–Crippen MR) is 114 cm³/mol. The molecule has 0 fully saturated rings. The first-order chi connectivity index (χ1) is 14.6. The van der Waals surface area contributed by atoms with Crippen LogP contribution in [0.1, 0.15) is 44.6 Å². The van der Waals surface area contributed by atoms with Crippen molar-refractivity contribution in [3.63, 3.8) is 0 Å². The molecule has 0 spiro atoms. The van der Waals surface area contributed by atoms with Gasteiger partial charge in [0.1, 0.15) is 11.5 Å². The Bertz CT molecular complexity index is 1160. The number of hydrogen-bond acceptors (Lipinski definition) is 4. The molecule has 8 heteroatoms. The Balaban J connectivity index is 1.98. The lowest BCUT2D eigenvalue weighted by Crippen LogP contribution is -2.44. The molecule has 160 valence electrons. The number of carbonyl (C=O) groups excluding carboxylic acids is 2. The molecule has 31 heavy (non-hydrogen) atoms. The molecule has 0 N–H and O–H groups in total. The van der Waals surface area contributed by atoms with Gasteiger partial charge in [-0.1, -0.05) is 43.6 Å². The lowest BCUT2D eigenvalue weighted by atomic mass is 9.69. The van der Waals surface area contributed by atoms with Gasteiger partial charge in [-0.2, -0.15) is 0 Å². The van der Waals surface area contributed by atoms with Crippen LogP contribution in [0.5, 0.6) is 0 Å². The molecule has 1 unspecified atom stereocenters. The van der Waals surface area contributed by atoms with Gasteiger partial charge in [0.2, 0.25) is 5.91 Å². The summed E-state index contributed by atoms with van der Waals surface area (Å²) < 4.78 is 14.6. The number of carbonyl (C=O) groups is 2. The van der Waals surface area contributed by atoms with Crippen molar-refractivity contribution in [2.75, 3.05) is 4.90 Å². The molecular weight excluding hydrogens is 423 g/mol. The highest BCUT2D eigenvalue weighted by Crippen LogP contribution is 2.49. The van der Waals surface area contributed by atoms with Crippen molar-refractivity contribution in [1.82, 2.24) is 0 Å². The first-order valence-electron chi connectivity index (χ1n) is 9.86. The van der Waals surface area contributed by atoms with Gasteiger partial charge < -0.3 is 0 Å². The average molecular weight is 443 g/mol. The lowest BCUT2D eigenvalue weighted by Gasteiger charge is -2.42. The molecule has 1 heterocycles. The molecule has 2 aromatic rings. The molecule has 1 aliphatic heterocycles. The highest BCUT2D eigenvalue weighted by molar-refractivity contribution is 6.31. The van der Waals surface area contributed by atoms with Crippen LogP contribution >= 0.6 is 11.6 Å². The summed E-state index contributed by atoms with van der Waals surface area (Å²) in [5.74, 6) is -1.85. The number of rotatable bonds is 3. The van der Waals surface area contributed by atoms with Crippen LogP contribution in [0.4, 0.5) is 15.8 Å². The number of benzene rings is 2. The first-order valence-corrected chi connectivity index (χ1v) is 10.2. The molecule has 0 aromatic heterocycles. The molecule has 2 aliphatic rings. The Morgan fingerprint density at radius 2 is 1.87 bits per heavy atom. The molecule has 4 rings (SSSR count). The van der Waals surface area contributed by atoms with Crippen LogP contribution in [0.25, 0.3) is 0 Å². The SMILES string of the molecule is CC1(C)CC(=O)C2=C(C1)N(c1cc(Cl)ccc1[N+](=O)[O-])C(=O)CC2c1ccccc1F. The van der Waals surface area contributed by atoms with Crippen molar-refractivity contribution in [3.05, 3.63) is 80.3 Å². The number of hydrogen-bond donors (Lipinski definition) is 0. The smallest absolute Gasteiger partial charge is 0.293 e. The third-order valence-electron chi connectivity index (χ3n) is 5.80. The van der Waals surface area contributed by atoms with E-state index in [1.54, 1.807) is 18.2 Å². The van der Waals surface area contributed by atoms with E-state index in [9.17, 15) is 24.1 Å². The summed E-state index contributed by atoms with van der Waals surface area (Å²) in [7, 11) is 0. The van der Waals surface area contributed by atoms with Gasteiger partial charge in [-0.05, 0) is 35.6 Å². The molecule has 1 aliphatic carbocycles. The van der Waals surface area contributed by atoms with Gasteiger partial charge in [-0.3, -0.25) is 24.6 Å². The zero-order valence-corrected chi connectivity index (χ0v) is 17.8. The summed E-state index contributed by atoms with van der Waals surface area (Å²) in [4.78, 5) is 38.9. The average Bonchev–Trinajstić information content (AvgIpc) is 2.66. The lowest BCUT2D eigenvalue weighted by molar-refractivity contribution is -0.384. The van der Waals surface area contributed by atoms with E-state index in [0.29, 0.717) is 17.7 Å². The molecule has 0 radical (unpaired) electrons. The number of Topliss-reactive ketones (excluding diaryl/α,β-unsaturated/α-hetero) is 1. The van der Waals surface area contributed by atoms with Gasteiger partial charge in [0.15, 0.2) is 5.78 Å². The topological polar surface area (TPSA) is 80.5 Å². The van der Waals surface area contributed by atoms with Gasteiger partial charge in [0.25, 0.3) is 5.69 Å².